The standard InChI is InChI=1S/C16H17BrN4O2S/c1-20-11-13(10-19-20)16-4-2-3-7-21(16)24(22,23)14-6-5-12(9-18)15(17)8-14/h5-6,8,10-11,16H,2-4,7H2,1H3. The molecule has 0 aliphatic carbocycles. The maximum atomic E-state index is 13.1. The van der Waals surface area contributed by atoms with E-state index in [4.69, 9.17) is 5.26 Å². The highest BCUT2D eigenvalue weighted by molar-refractivity contribution is 9.10. The summed E-state index contributed by atoms with van der Waals surface area (Å²) in [6, 6.07) is 6.35. The summed E-state index contributed by atoms with van der Waals surface area (Å²) in [7, 11) is -1.82. The van der Waals surface area contributed by atoms with Crippen molar-refractivity contribution in [1.82, 2.24) is 14.1 Å². The number of hydrogen-bond acceptors (Lipinski definition) is 4. The van der Waals surface area contributed by atoms with E-state index in [1.807, 2.05) is 19.3 Å². The molecular weight excluding hydrogens is 392 g/mol. The van der Waals surface area contributed by atoms with E-state index >= 15 is 0 Å². The number of nitrogens with zero attached hydrogens (tertiary/aromatic N) is 4. The minimum Gasteiger partial charge on any atom is -0.275 e. The molecule has 2 heterocycles. The van der Waals surface area contributed by atoms with E-state index in [1.165, 1.54) is 18.2 Å². The van der Waals surface area contributed by atoms with Crippen LogP contribution < -0.4 is 0 Å². The highest BCUT2D eigenvalue weighted by Gasteiger charge is 2.35. The molecule has 1 aliphatic rings. The smallest absolute Gasteiger partial charge is 0.243 e. The van der Waals surface area contributed by atoms with Crippen LogP contribution in [0.25, 0.3) is 0 Å². The number of aryl methyl sites for hydroxylation is 1. The fourth-order valence-corrected chi connectivity index (χ4v) is 5.35. The highest BCUT2D eigenvalue weighted by atomic mass is 79.9. The molecule has 1 aromatic carbocycles. The molecule has 0 bridgehead atoms. The lowest BCUT2D eigenvalue weighted by molar-refractivity contribution is 0.256. The van der Waals surface area contributed by atoms with Gasteiger partial charge < -0.3 is 0 Å². The van der Waals surface area contributed by atoms with Crippen molar-refractivity contribution >= 4 is 26.0 Å². The molecule has 0 N–H and O–H groups in total. The molecule has 2 aromatic rings. The molecule has 0 saturated carbocycles. The predicted molar refractivity (Wildman–Crippen MR) is 92.5 cm³/mol. The number of rotatable bonds is 3. The first-order valence-electron chi connectivity index (χ1n) is 7.63. The first-order valence-corrected chi connectivity index (χ1v) is 9.87. The molecule has 1 aliphatic heterocycles. The van der Waals surface area contributed by atoms with Crippen molar-refractivity contribution in [2.75, 3.05) is 6.54 Å². The van der Waals surface area contributed by atoms with E-state index in [-0.39, 0.29) is 10.9 Å². The number of halogens is 1. The van der Waals surface area contributed by atoms with E-state index < -0.39 is 10.0 Å². The van der Waals surface area contributed by atoms with Crippen molar-refractivity contribution in [3.63, 3.8) is 0 Å². The molecular formula is C16H17BrN4O2S. The number of nitriles is 1. The van der Waals surface area contributed by atoms with E-state index in [0.717, 1.165) is 24.8 Å². The lowest BCUT2D eigenvalue weighted by Gasteiger charge is -2.34. The molecule has 126 valence electrons. The van der Waals surface area contributed by atoms with Gasteiger partial charge in [-0.2, -0.15) is 14.7 Å². The Morgan fingerprint density at radius 1 is 1.38 bits per heavy atom. The number of sulfonamides is 1. The number of piperidine rings is 1. The Hall–Kier alpha value is -1.69. The van der Waals surface area contributed by atoms with Gasteiger partial charge in [-0.25, -0.2) is 8.42 Å². The van der Waals surface area contributed by atoms with Gasteiger partial charge in [-0.3, -0.25) is 4.68 Å². The van der Waals surface area contributed by atoms with Crippen LogP contribution in [0.4, 0.5) is 0 Å². The van der Waals surface area contributed by atoms with Gasteiger partial charge in [0, 0.05) is 29.8 Å². The second-order valence-electron chi connectivity index (χ2n) is 5.83. The van der Waals surface area contributed by atoms with E-state index in [1.54, 1.807) is 15.2 Å². The molecule has 0 radical (unpaired) electrons. The third kappa shape index (κ3) is 3.11. The summed E-state index contributed by atoms with van der Waals surface area (Å²) in [4.78, 5) is 0.198. The monoisotopic (exact) mass is 408 g/mol. The summed E-state index contributed by atoms with van der Waals surface area (Å²) in [6.45, 7) is 0.486. The molecule has 1 aromatic heterocycles. The van der Waals surface area contributed by atoms with Crippen molar-refractivity contribution in [2.45, 2.75) is 30.2 Å². The van der Waals surface area contributed by atoms with Crippen molar-refractivity contribution in [2.24, 2.45) is 7.05 Å². The van der Waals surface area contributed by atoms with E-state index in [0.29, 0.717) is 16.6 Å². The molecule has 0 spiro atoms. The SMILES string of the molecule is Cn1cc(C2CCCCN2S(=O)(=O)c2ccc(C#N)c(Br)c2)cn1. The Labute approximate surface area is 149 Å². The Morgan fingerprint density at radius 3 is 2.79 bits per heavy atom. The minimum absolute atomic E-state index is 0.198. The topological polar surface area (TPSA) is 79.0 Å². The Morgan fingerprint density at radius 2 is 2.17 bits per heavy atom. The van der Waals surface area contributed by atoms with Crippen molar-refractivity contribution < 1.29 is 8.42 Å². The summed E-state index contributed by atoms with van der Waals surface area (Å²) >= 11 is 3.27. The second kappa shape index (κ2) is 6.67. The number of aromatic nitrogens is 2. The van der Waals surface area contributed by atoms with Gasteiger partial charge in [0.15, 0.2) is 0 Å². The van der Waals surface area contributed by atoms with Gasteiger partial charge >= 0.3 is 0 Å². The van der Waals surface area contributed by atoms with Crippen LogP contribution in [0.15, 0.2) is 40.0 Å². The zero-order chi connectivity index (χ0) is 17.3. The van der Waals surface area contributed by atoms with Gasteiger partial charge in [0.2, 0.25) is 10.0 Å². The zero-order valence-corrected chi connectivity index (χ0v) is 15.6. The summed E-state index contributed by atoms with van der Waals surface area (Å²) in [6.07, 6.45) is 6.21. The molecule has 1 saturated heterocycles. The average Bonchev–Trinajstić information content (AvgIpc) is 3.01. The van der Waals surface area contributed by atoms with Gasteiger partial charge in [0.25, 0.3) is 0 Å². The second-order valence-corrected chi connectivity index (χ2v) is 8.57. The Bertz CT molecular complexity index is 901. The van der Waals surface area contributed by atoms with Crippen LogP contribution >= 0.6 is 15.9 Å². The molecule has 3 rings (SSSR count). The van der Waals surface area contributed by atoms with Crippen LogP contribution in [0, 0.1) is 11.3 Å². The number of hydrogen-bond donors (Lipinski definition) is 0. The normalized spacial score (nSPS) is 19.1. The van der Waals surface area contributed by atoms with E-state index in [9.17, 15) is 8.42 Å². The predicted octanol–water partition coefficient (Wildman–Crippen LogP) is 2.97. The quantitative estimate of drug-likeness (QED) is 0.781. The third-order valence-electron chi connectivity index (χ3n) is 4.23. The van der Waals surface area contributed by atoms with Crippen molar-refractivity contribution in [3.05, 3.63) is 46.2 Å². The van der Waals surface area contributed by atoms with Crippen molar-refractivity contribution in [3.8, 4) is 6.07 Å². The van der Waals surface area contributed by atoms with Gasteiger partial charge in [-0.05, 0) is 47.0 Å². The summed E-state index contributed by atoms with van der Waals surface area (Å²) in [5.74, 6) is 0. The van der Waals surface area contributed by atoms with Crippen LogP contribution in [-0.2, 0) is 17.1 Å². The summed E-state index contributed by atoms with van der Waals surface area (Å²) < 4.78 is 30.0. The van der Waals surface area contributed by atoms with Crippen LogP contribution in [0.1, 0.15) is 36.4 Å². The first kappa shape index (κ1) is 17.1. The fourth-order valence-electron chi connectivity index (χ4n) is 3.02. The minimum atomic E-state index is -3.64. The molecule has 1 atom stereocenters. The molecule has 8 heteroatoms. The van der Waals surface area contributed by atoms with Gasteiger partial charge in [-0.15, -0.1) is 0 Å². The average molecular weight is 409 g/mol. The third-order valence-corrected chi connectivity index (χ3v) is 6.79. The van der Waals surface area contributed by atoms with Crippen molar-refractivity contribution in [1.29, 1.82) is 5.26 Å². The maximum Gasteiger partial charge on any atom is 0.243 e. The summed E-state index contributed by atoms with van der Waals surface area (Å²) in [5, 5.41) is 13.2. The maximum absolute atomic E-state index is 13.1. The Kier molecular flexibility index (Phi) is 4.76. The summed E-state index contributed by atoms with van der Waals surface area (Å²) in [5.41, 5.74) is 1.32. The molecule has 1 fully saturated rings. The van der Waals surface area contributed by atoms with Crippen LogP contribution in [-0.4, -0.2) is 29.0 Å². The van der Waals surface area contributed by atoms with Crippen LogP contribution in [0.5, 0.6) is 0 Å². The lowest BCUT2D eigenvalue weighted by atomic mass is 10.0. The zero-order valence-electron chi connectivity index (χ0n) is 13.2. The highest BCUT2D eigenvalue weighted by Crippen LogP contribution is 2.36. The molecule has 1 unspecified atom stereocenters. The van der Waals surface area contributed by atoms with Crippen LogP contribution in [0.3, 0.4) is 0 Å². The van der Waals surface area contributed by atoms with Crippen LogP contribution in [0.2, 0.25) is 0 Å². The first-order chi connectivity index (χ1) is 11.4. The Balaban J connectivity index is 2.00. The molecule has 6 nitrogen and oxygen atoms in total. The fraction of sp³-hybridized carbons (Fsp3) is 0.375. The lowest BCUT2D eigenvalue weighted by Crippen LogP contribution is -2.38. The molecule has 0 amide bonds. The number of benzene rings is 1. The van der Waals surface area contributed by atoms with E-state index in [2.05, 4.69) is 21.0 Å². The van der Waals surface area contributed by atoms with Gasteiger partial charge in [0.05, 0.1) is 22.7 Å². The molecule has 24 heavy (non-hydrogen) atoms. The van der Waals surface area contributed by atoms with Gasteiger partial charge in [-0.1, -0.05) is 6.42 Å². The van der Waals surface area contributed by atoms with Gasteiger partial charge in [0.1, 0.15) is 6.07 Å². The largest absolute Gasteiger partial charge is 0.275 e.